The van der Waals surface area contributed by atoms with E-state index in [-0.39, 0.29) is 17.1 Å². The second-order valence-corrected chi connectivity index (χ2v) is 8.10. The number of nitrogens with two attached hydrogens (primary N) is 1. The van der Waals surface area contributed by atoms with E-state index in [9.17, 15) is 13.2 Å². The van der Waals surface area contributed by atoms with Gasteiger partial charge in [0, 0.05) is 19.6 Å². The SMILES string of the molecule is CCOC(=O)c1cc(NCc2ccccc2)c(N2CCOCC2)c(S(N)(=O)=O)c1. The predicted molar refractivity (Wildman–Crippen MR) is 111 cm³/mol. The van der Waals surface area contributed by atoms with Crippen molar-refractivity contribution in [1.82, 2.24) is 0 Å². The topological polar surface area (TPSA) is 111 Å². The van der Waals surface area contributed by atoms with E-state index in [1.54, 1.807) is 13.0 Å². The van der Waals surface area contributed by atoms with Crippen molar-refractivity contribution < 1.29 is 22.7 Å². The van der Waals surface area contributed by atoms with Gasteiger partial charge in [0.25, 0.3) is 0 Å². The van der Waals surface area contributed by atoms with Gasteiger partial charge < -0.3 is 19.7 Å². The molecule has 0 bridgehead atoms. The summed E-state index contributed by atoms with van der Waals surface area (Å²) in [5.41, 5.74) is 2.09. The van der Waals surface area contributed by atoms with E-state index in [1.165, 1.54) is 6.07 Å². The quantitative estimate of drug-likeness (QED) is 0.660. The zero-order chi connectivity index (χ0) is 20.9. The van der Waals surface area contributed by atoms with Crippen molar-refractivity contribution in [2.75, 3.05) is 43.1 Å². The Labute approximate surface area is 170 Å². The van der Waals surface area contributed by atoms with Gasteiger partial charge in [-0.3, -0.25) is 0 Å². The van der Waals surface area contributed by atoms with E-state index in [0.717, 1.165) is 5.56 Å². The van der Waals surface area contributed by atoms with E-state index >= 15 is 0 Å². The lowest BCUT2D eigenvalue weighted by atomic mass is 10.1. The summed E-state index contributed by atoms with van der Waals surface area (Å²) >= 11 is 0. The highest BCUT2D eigenvalue weighted by atomic mass is 32.2. The van der Waals surface area contributed by atoms with E-state index in [0.29, 0.717) is 44.2 Å². The maximum Gasteiger partial charge on any atom is 0.338 e. The maximum atomic E-state index is 12.4. The summed E-state index contributed by atoms with van der Waals surface area (Å²) in [6.45, 7) is 4.30. The number of primary sulfonamides is 1. The van der Waals surface area contributed by atoms with Crippen molar-refractivity contribution in [2.45, 2.75) is 18.4 Å². The van der Waals surface area contributed by atoms with Gasteiger partial charge in [0.15, 0.2) is 0 Å². The molecule has 0 atom stereocenters. The molecule has 156 valence electrons. The fourth-order valence-corrected chi connectivity index (χ4v) is 4.00. The van der Waals surface area contributed by atoms with Gasteiger partial charge in [-0.25, -0.2) is 18.4 Å². The minimum Gasteiger partial charge on any atom is -0.462 e. The second kappa shape index (κ2) is 9.25. The third kappa shape index (κ3) is 5.26. The number of benzene rings is 2. The summed E-state index contributed by atoms with van der Waals surface area (Å²) in [5.74, 6) is -0.603. The van der Waals surface area contributed by atoms with Crippen LogP contribution >= 0.6 is 0 Å². The van der Waals surface area contributed by atoms with E-state index in [2.05, 4.69) is 5.32 Å². The van der Waals surface area contributed by atoms with Crippen LogP contribution in [0.5, 0.6) is 0 Å². The van der Waals surface area contributed by atoms with Crippen molar-refractivity contribution in [3.63, 3.8) is 0 Å². The van der Waals surface area contributed by atoms with E-state index in [4.69, 9.17) is 14.6 Å². The van der Waals surface area contributed by atoms with Crippen LogP contribution in [0.4, 0.5) is 11.4 Å². The third-order valence-corrected chi connectivity index (χ3v) is 5.47. The Morgan fingerprint density at radius 3 is 2.52 bits per heavy atom. The Morgan fingerprint density at radius 2 is 1.90 bits per heavy atom. The summed E-state index contributed by atoms with van der Waals surface area (Å²) in [4.78, 5) is 14.1. The third-order valence-electron chi connectivity index (χ3n) is 4.55. The molecule has 8 nitrogen and oxygen atoms in total. The number of nitrogens with zero attached hydrogens (tertiary/aromatic N) is 1. The highest BCUT2D eigenvalue weighted by Gasteiger charge is 2.26. The lowest BCUT2D eigenvalue weighted by molar-refractivity contribution is 0.0526. The smallest absolute Gasteiger partial charge is 0.338 e. The van der Waals surface area contributed by atoms with Gasteiger partial charge in [-0.15, -0.1) is 0 Å². The van der Waals surface area contributed by atoms with Gasteiger partial charge in [-0.1, -0.05) is 30.3 Å². The number of morpholine rings is 1. The molecule has 1 heterocycles. The molecule has 1 fully saturated rings. The van der Waals surface area contributed by atoms with Crippen molar-refractivity contribution in [3.8, 4) is 0 Å². The molecule has 3 rings (SSSR count). The molecule has 9 heteroatoms. The number of esters is 1. The summed E-state index contributed by atoms with van der Waals surface area (Å²) in [5, 5.41) is 8.78. The molecule has 1 aliphatic rings. The number of ether oxygens (including phenoxy) is 2. The lowest BCUT2D eigenvalue weighted by Crippen LogP contribution is -2.38. The van der Waals surface area contributed by atoms with Crippen LogP contribution in [0.25, 0.3) is 0 Å². The van der Waals surface area contributed by atoms with E-state index < -0.39 is 16.0 Å². The van der Waals surface area contributed by atoms with Gasteiger partial charge in [-0.2, -0.15) is 0 Å². The standard InChI is InChI=1S/C20H25N3O5S/c1-2-28-20(24)16-12-17(22-14-15-6-4-3-5-7-15)19(18(13-16)29(21,25)26)23-8-10-27-11-9-23/h3-7,12-13,22H,2,8-11,14H2,1H3,(H2,21,25,26). The molecule has 2 aromatic carbocycles. The normalized spacial score (nSPS) is 14.5. The molecule has 0 radical (unpaired) electrons. The molecule has 2 aromatic rings. The number of carbonyl (C=O) groups is 1. The Morgan fingerprint density at radius 1 is 1.21 bits per heavy atom. The Hall–Kier alpha value is -2.62. The predicted octanol–water partition coefficient (Wildman–Crippen LogP) is 1.96. The minimum atomic E-state index is -4.09. The molecule has 29 heavy (non-hydrogen) atoms. The molecule has 3 N–H and O–H groups in total. The van der Waals surface area contributed by atoms with Crippen molar-refractivity contribution in [1.29, 1.82) is 0 Å². The van der Waals surface area contributed by atoms with Crippen molar-refractivity contribution >= 4 is 27.4 Å². The fourth-order valence-electron chi connectivity index (χ4n) is 3.20. The Bertz CT molecular complexity index is 958. The molecule has 0 saturated carbocycles. The van der Waals surface area contributed by atoms with Crippen LogP contribution in [0.2, 0.25) is 0 Å². The first-order valence-electron chi connectivity index (χ1n) is 9.38. The monoisotopic (exact) mass is 419 g/mol. The van der Waals surface area contributed by atoms with Crippen LogP contribution in [-0.2, 0) is 26.0 Å². The van der Waals surface area contributed by atoms with Crippen molar-refractivity contribution in [2.24, 2.45) is 5.14 Å². The number of sulfonamides is 1. The van der Waals surface area contributed by atoms with Crippen LogP contribution in [0.15, 0.2) is 47.4 Å². The van der Waals surface area contributed by atoms with Gasteiger partial charge >= 0.3 is 5.97 Å². The first-order chi connectivity index (χ1) is 13.9. The summed E-state index contributed by atoms with van der Waals surface area (Å²) in [7, 11) is -4.09. The molecule has 0 unspecified atom stereocenters. The lowest BCUT2D eigenvalue weighted by Gasteiger charge is -2.32. The summed E-state index contributed by atoms with van der Waals surface area (Å²) < 4.78 is 35.2. The summed E-state index contributed by atoms with van der Waals surface area (Å²) in [6.07, 6.45) is 0. The molecule has 0 spiro atoms. The maximum absolute atomic E-state index is 12.4. The fraction of sp³-hybridized carbons (Fsp3) is 0.350. The Balaban J connectivity index is 2.09. The average Bonchev–Trinajstić information content (AvgIpc) is 2.72. The molecule has 1 aliphatic heterocycles. The van der Waals surface area contributed by atoms with Crippen LogP contribution in [-0.4, -0.2) is 47.3 Å². The number of nitrogens with one attached hydrogen (secondary N) is 1. The largest absolute Gasteiger partial charge is 0.462 e. The molecular formula is C20H25N3O5S. The van der Waals surface area contributed by atoms with Crippen molar-refractivity contribution in [3.05, 3.63) is 53.6 Å². The number of hydrogen-bond donors (Lipinski definition) is 2. The number of carbonyl (C=O) groups excluding carboxylic acids is 1. The minimum absolute atomic E-state index is 0.111. The number of rotatable bonds is 7. The van der Waals surface area contributed by atoms with Crippen LogP contribution in [0.3, 0.4) is 0 Å². The number of hydrogen-bond acceptors (Lipinski definition) is 7. The highest BCUT2D eigenvalue weighted by Crippen LogP contribution is 2.35. The highest BCUT2D eigenvalue weighted by molar-refractivity contribution is 7.89. The van der Waals surface area contributed by atoms with Crippen LogP contribution in [0, 0.1) is 0 Å². The van der Waals surface area contributed by atoms with Gasteiger partial charge in [0.2, 0.25) is 10.0 Å². The molecule has 0 aromatic heterocycles. The van der Waals surface area contributed by atoms with E-state index in [1.807, 2.05) is 35.2 Å². The average molecular weight is 420 g/mol. The summed E-state index contributed by atoms with van der Waals surface area (Å²) in [6, 6.07) is 12.6. The Kier molecular flexibility index (Phi) is 6.73. The first-order valence-corrected chi connectivity index (χ1v) is 10.9. The molecule has 0 amide bonds. The van der Waals surface area contributed by atoms with Crippen LogP contribution in [0.1, 0.15) is 22.8 Å². The number of anilines is 2. The zero-order valence-corrected chi connectivity index (χ0v) is 17.1. The molecule has 0 aliphatic carbocycles. The van der Waals surface area contributed by atoms with Gasteiger partial charge in [-0.05, 0) is 24.6 Å². The zero-order valence-electron chi connectivity index (χ0n) is 16.3. The molecular weight excluding hydrogens is 394 g/mol. The van der Waals surface area contributed by atoms with Crippen LogP contribution < -0.4 is 15.4 Å². The van der Waals surface area contributed by atoms with Gasteiger partial charge in [0.1, 0.15) is 4.90 Å². The first kappa shape index (κ1) is 21.1. The second-order valence-electron chi connectivity index (χ2n) is 6.57. The molecule has 1 saturated heterocycles. The van der Waals surface area contributed by atoms with Gasteiger partial charge in [0.05, 0.1) is 36.8 Å².